The molecule has 0 spiro atoms. The second-order valence-electron chi connectivity index (χ2n) is 3.08. The van der Waals surface area contributed by atoms with Gasteiger partial charge in [0, 0.05) is 17.5 Å². The molecule has 0 amide bonds. The summed E-state index contributed by atoms with van der Waals surface area (Å²) in [6.07, 6.45) is 0. The van der Waals surface area contributed by atoms with Gasteiger partial charge < -0.3 is 10.5 Å². The van der Waals surface area contributed by atoms with Gasteiger partial charge in [-0.1, -0.05) is 0 Å². The van der Waals surface area contributed by atoms with E-state index < -0.39 is 0 Å². The minimum Gasteiger partial charge on any atom is -0.497 e. The van der Waals surface area contributed by atoms with Gasteiger partial charge in [-0.05, 0) is 24.3 Å². The van der Waals surface area contributed by atoms with Crippen molar-refractivity contribution in [3.8, 4) is 16.3 Å². The summed E-state index contributed by atoms with van der Waals surface area (Å²) in [5.74, 6) is 0.856. The molecule has 0 atom stereocenters. The summed E-state index contributed by atoms with van der Waals surface area (Å²) in [5, 5.41) is 2.98. The maximum atomic E-state index is 5.51. The molecule has 0 unspecified atom stereocenters. The lowest BCUT2D eigenvalue weighted by Crippen LogP contribution is -1.95. The van der Waals surface area contributed by atoms with Gasteiger partial charge in [0.05, 0.1) is 12.8 Å². The summed E-state index contributed by atoms with van der Waals surface area (Å²) in [7, 11) is 1.66. The van der Waals surface area contributed by atoms with Gasteiger partial charge in [-0.15, -0.1) is 11.3 Å². The molecule has 2 aromatic rings. The first-order valence-electron chi connectivity index (χ1n) is 4.62. The van der Waals surface area contributed by atoms with Crippen LogP contribution in [0.25, 0.3) is 10.6 Å². The van der Waals surface area contributed by atoms with Crippen LogP contribution >= 0.6 is 11.3 Å². The molecule has 78 valence electrons. The Morgan fingerprint density at radius 2 is 2.07 bits per heavy atom. The number of hydrogen-bond donors (Lipinski definition) is 1. The molecule has 0 aliphatic carbocycles. The van der Waals surface area contributed by atoms with Crippen molar-refractivity contribution in [1.82, 2.24) is 4.98 Å². The Balaban J connectivity index is 2.28. The van der Waals surface area contributed by atoms with Crippen molar-refractivity contribution in [2.75, 3.05) is 7.11 Å². The number of nitrogens with two attached hydrogens (primary N) is 1. The monoisotopic (exact) mass is 220 g/mol. The van der Waals surface area contributed by atoms with E-state index in [0.717, 1.165) is 22.0 Å². The van der Waals surface area contributed by atoms with Crippen LogP contribution in [0, 0.1) is 0 Å². The summed E-state index contributed by atoms with van der Waals surface area (Å²) in [6, 6.07) is 7.85. The predicted molar refractivity (Wildman–Crippen MR) is 62.0 cm³/mol. The van der Waals surface area contributed by atoms with Crippen molar-refractivity contribution in [2.24, 2.45) is 5.73 Å². The molecule has 0 aliphatic heterocycles. The number of aromatic nitrogens is 1. The fourth-order valence-electron chi connectivity index (χ4n) is 1.27. The summed E-state index contributed by atoms with van der Waals surface area (Å²) in [5.41, 5.74) is 7.54. The number of rotatable bonds is 3. The van der Waals surface area contributed by atoms with Crippen LogP contribution in [0.3, 0.4) is 0 Å². The Morgan fingerprint density at radius 3 is 2.60 bits per heavy atom. The van der Waals surface area contributed by atoms with Crippen molar-refractivity contribution in [3.63, 3.8) is 0 Å². The third-order valence-electron chi connectivity index (χ3n) is 2.10. The molecular formula is C11H12N2OS. The van der Waals surface area contributed by atoms with Crippen LogP contribution in [0.4, 0.5) is 0 Å². The van der Waals surface area contributed by atoms with E-state index in [1.165, 1.54) is 0 Å². The predicted octanol–water partition coefficient (Wildman–Crippen LogP) is 2.28. The van der Waals surface area contributed by atoms with Crippen molar-refractivity contribution in [3.05, 3.63) is 35.3 Å². The van der Waals surface area contributed by atoms with Crippen LogP contribution in [0.1, 0.15) is 5.69 Å². The van der Waals surface area contributed by atoms with Crippen molar-refractivity contribution < 1.29 is 4.74 Å². The Labute approximate surface area is 92.5 Å². The number of nitrogens with zero attached hydrogens (tertiary/aromatic N) is 1. The quantitative estimate of drug-likeness (QED) is 0.863. The molecule has 0 saturated carbocycles. The first-order chi connectivity index (χ1) is 7.33. The van der Waals surface area contributed by atoms with Crippen molar-refractivity contribution >= 4 is 11.3 Å². The molecular weight excluding hydrogens is 208 g/mol. The lowest BCUT2D eigenvalue weighted by molar-refractivity contribution is 0.415. The fraction of sp³-hybridized carbons (Fsp3) is 0.182. The molecule has 0 aliphatic rings. The minimum absolute atomic E-state index is 0.493. The highest BCUT2D eigenvalue weighted by Gasteiger charge is 2.03. The highest BCUT2D eigenvalue weighted by molar-refractivity contribution is 7.13. The SMILES string of the molecule is COc1ccc(-c2nc(CN)cs2)cc1. The second-order valence-corrected chi connectivity index (χ2v) is 3.93. The molecule has 3 nitrogen and oxygen atoms in total. The number of methoxy groups -OCH3 is 1. The van der Waals surface area contributed by atoms with Gasteiger partial charge in [0.2, 0.25) is 0 Å². The van der Waals surface area contributed by atoms with Crippen LogP contribution in [0.2, 0.25) is 0 Å². The van der Waals surface area contributed by atoms with Crippen molar-refractivity contribution in [2.45, 2.75) is 6.54 Å². The lowest BCUT2D eigenvalue weighted by Gasteiger charge is -1.99. The topological polar surface area (TPSA) is 48.1 Å². The molecule has 15 heavy (non-hydrogen) atoms. The summed E-state index contributed by atoms with van der Waals surface area (Å²) < 4.78 is 5.09. The molecule has 0 bridgehead atoms. The van der Waals surface area contributed by atoms with E-state index in [2.05, 4.69) is 4.98 Å². The average molecular weight is 220 g/mol. The van der Waals surface area contributed by atoms with Crippen LogP contribution < -0.4 is 10.5 Å². The Morgan fingerprint density at radius 1 is 1.33 bits per heavy atom. The first-order valence-corrected chi connectivity index (χ1v) is 5.50. The van der Waals surface area contributed by atoms with Gasteiger partial charge in [0.15, 0.2) is 0 Å². The maximum absolute atomic E-state index is 5.51. The van der Waals surface area contributed by atoms with Gasteiger partial charge in [-0.3, -0.25) is 0 Å². The minimum atomic E-state index is 0.493. The standard InChI is InChI=1S/C11H12N2OS/c1-14-10-4-2-8(3-5-10)11-13-9(6-12)7-15-11/h2-5,7H,6,12H2,1H3. The molecule has 2 rings (SSSR count). The largest absolute Gasteiger partial charge is 0.497 e. The summed E-state index contributed by atoms with van der Waals surface area (Å²) >= 11 is 1.61. The van der Waals surface area contributed by atoms with Gasteiger partial charge in [0.25, 0.3) is 0 Å². The third-order valence-corrected chi connectivity index (χ3v) is 3.04. The number of thiazole rings is 1. The molecule has 0 fully saturated rings. The van der Waals surface area contributed by atoms with Crippen LogP contribution in [-0.2, 0) is 6.54 Å². The van der Waals surface area contributed by atoms with Crippen LogP contribution in [0.15, 0.2) is 29.6 Å². The Kier molecular flexibility index (Phi) is 2.99. The van der Waals surface area contributed by atoms with E-state index in [9.17, 15) is 0 Å². The smallest absolute Gasteiger partial charge is 0.123 e. The zero-order valence-electron chi connectivity index (χ0n) is 8.43. The molecule has 1 heterocycles. The molecule has 1 aromatic carbocycles. The van der Waals surface area contributed by atoms with Crippen LogP contribution in [-0.4, -0.2) is 12.1 Å². The van der Waals surface area contributed by atoms with Crippen molar-refractivity contribution in [1.29, 1.82) is 0 Å². The number of ether oxygens (including phenoxy) is 1. The zero-order chi connectivity index (χ0) is 10.7. The molecule has 1 aromatic heterocycles. The van der Waals surface area contributed by atoms with E-state index in [-0.39, 0.29) is 0 Å². The third kappa shape index (κ3) is 2.16. The fourth-order valence-corrected chi connectivity index (χ4v) is 2.11. The van der Waals surface area contributed by atoms with E-state index in [1.54, 1.807) is 18.4 Å². The normalized spacial score (nSPS) is 10.3. The van der Waals surface area contributed by atoms with Crippen LogP contribution in [0.5, 0.6) is 5.75 Å². The Bertz CT molecular complexity index is 436. The highest BCUT2D eigenvalue weighted by atomic mass is 32.1. The average Bonchev–Trinajstić information content (AvgIpc) is 2.78. The molecule has 0 radical (unpaired) electrons. The molecule has 0 saturated heterocycles. The second kappa shape index (κ2) is 4.42. The lowest BCUT2D eigenvalue weighted by atomic mass is 10.2. The summed E-state index contributed by atoms with van der Waals surface area (Å²) in [4.78, 5) is 4.41. The van der Waals surface area contributed by atoms with E-state index in [0.29, 0.717) is 6.54 Å². The van der Waals surface area contributed by atoms with E-state index >= 15 is 0 Å². The first kappa shape index (κ1) is 10.1. The van der Waals surface area contributed by atoms with Gasteiger partial charge >= 0.3 is 0 Å². The van der Waals surface area contributed by atoms with Gasteiger partial charge in [-0.25, -0.2) is 4.98 Å². The number of benzene rings is 1. The van der Waals surface area contributed by atoms with E-state index in [4.69, 9.17) is 10.5 Å². The molecule has 2 N–H and O–H groups in total. The van der Waals surface area contributed by atoms with Gasteiger partial charge in [0.1, 0.15) is 10.8 Å². The maximum Gasteiger partial charge on any atom is 0.123 e. The Hall–Kier alpha value is -1.39. The summed E-state index contributed by atoms with van der Waals surface area (Å²) in [6.45, 7) is 0.493. The number of hydrogen-bond acceptors (Lipinski definition) is 4. The zero-order valence-corrected chi connectivity index (χ0v) is 9.25. The van der Waals surface area contributed by atoms with E-state index in [1.807, 2.05) is 29.6 Å². The van der Waals surface area contributed by atoms with Gasteiger partial charge in [-0.2, -0.15) is 0 Å². The molecule has 4 heteroatoms. The highest BCUT2D eigenvalue weighted by Crippen LogP contribution is 2.25.